The summed E-state index contributed by atoms with van der Waals surface area (Å²) < 4.78 is 10.3. The van der Waals surface area contributed by atoms with Crippen LogP contribution in [0.2, 0.25) is 0 Å². The van der Waals surface area contributed by atoms with Gasteiger partial charge in [-0.15, -0.1) is 0 Å². The van der Waals surface area contributed by atoms with Crippen LogP contribution >= 0.6 is 0 Å². The predicted molar refractivity (Wildman–Crippen MR) is 72.0 cm³/mol. The second kappa shape index (κ2) is 11.3. The maximum atomic E-state index is 8.60. The molecule has 0 bridgehead atoms. The smallest absolute Gasteiger partial charge is 0.143 e. The van der Waals surface area contributed by atoms with E-state index in [2.05, 4.69) is 17.0 Å². The number of amidine groups is 1. The maximum Gasteiger partial charge on any atom is 0.143 e. The van der Waals surface area contributed by atoms with Crippen LogP contribution in [0, 0.1) is 5.92 Å². The van der Waals surface area contributed by atoms with Crippen LogP contribution in [-0.4, -0.2) is 62.5 Å². The van der Waals surface area contributed by atoms with E-state index in [0.717, 1.165) is 32.7 Å². The fourth-order valence-corrected chi connectivity index (χ4v) is 1.59. The second-order valence-corrected chi connectivity index (χ2v) is 4.28. The summed E-state index contributed by atoms with van der Waals surface area (Å²) in [5.74, 6) is 0.342. The monoisotopic (exact) mass is 261 g/mol. The van der Waals surface area contributed by atoms with Crippen molar-refractivity contribution in [2.75, 3.05) is 46.6 Å². The van der Waals surface area contributed by atoms with Gasteiger partial charge < -0.3 is 25.3 Å². The van der Waals surface area contributed by atoms with Crippen molar-refractivity contribution in [3.8, 4) is 0 Å². The Morgan fingerprint density at radius 2 is 2.11 bits per heavy atom. The van der Waals surface area contributed by atoms with Crippen molar-refractivity contribution in [2.45, 2.75) is 20.3 Å². The molecule has 0 aliphatic rings. The lowest BCUT2D eigenvalue weighted by Crippen LogP contribution is -2.35. The third-order valence-electron chi connectivity index (χ3n) is 2.79. The highest BCUT2D eigenvalue weighted by atomic mass is 16.5. The van der Waals surface area contributed by atoms with Gasteiger partial charge in [-0.1, -0.05) is 19.0 Å². The summed E-state index contributed by atoms with van der Waals surface area (Å²) in [6.07, 6.45) is 0.973. The quantitative estimate of drug-likeness (QED) is 0.188. The standard InChI is InChI=1S/C12H27N3O3/c1-4-15(10-11(2)12(13)14-16)6-5-7-18-9-8-17-3/h11,16H,4-10H2,1-3H3,(H2,13,14). The molecule has 0 aromatic heterocycles. The van der Waals surface area contributed by atoms with Crippen LogP contribution in [-0.2, 0) is 9.47 Å². The summed E-state index contributed by atoms with van der Waals surface area (Å²) in [6.45, 7) is 8.76. The number of ether oxygens (including phenoxy) is 2. The lowest BCUT2D eigenvalue weighted by molar-refractivity contribution is 0.0651. The predicted octanol–water partition coefficient (Wildman–Crippen LogP) is 0.744. The minimum absolute atomic E-state index is 0.0596. The molecule has 6 heteroatoms. The summed E-state index contributed by atoms with van der Waals surface area (Å²) in [7, 11) is 1.66. The van der Waals surface area contributed by atoms with Gasteiger partial charge in [-0.05, 0) is 13.0 Å². The molecule has 0 heterocycles. The molecule has 0 aromatic carbocycles. The Labute approximate surface area is 110 Å². The zero-order valence-electron chi connectivity index (χ0n) is 11.8. The summed E-state index contributed by atoms with van der Waals surface area (Å²) in [5, 5.41) is 11.6. The van der Waals surface area contributed by atoms with E-state index in [0.29, 0.717) is 13.2 Å². The zero-order valence-corrected chi connectivity index (χ0v) is 11.8. The first-order chi connectivity index (χ1) is 8.65. The van der Waals surface area contributed by atoms with Gasteiger partial charge in [0, 0.05) is 32.7 Å². The molecule has 0 radical (unpaired) electrons. The number of methoxy groups -OCH3 is 1. The molecule has 3 N–H and O–H groups in total. The van der Waals surface area contributed by atoms with E-state index in [1.54, 1.807) is 7.11 Å². The van der Waals surface area contributed by atoms with Crippen molar-refractivity contribution in [1.29, 1.82) is 0 Å². The molecule has 0 aliphatic heterocycles. The van der Waals surface area contributed by atoms with Gasteiger partial charge >= 0.3 is 0 Å². The van der Waals surface area contributed by atoms with Crippen LogP contribution in [0.5, 0.6) is 0 Å². The van der Waals surface area contributed by atoms with Gasteiger partial charge in [0.2, 0.25) is 0 Å². The van der Waals surface area contributed by atoms with Crippen molar-refractivity contribution < 1.29 is 14.7 Å². The van der Waals surface area contributed by atoms with Crippen LogP contribution in [0.25, 0.3) is 0 Å². The van der Waals surface area contributed by atoms with Crippen molar-refractivity contribution in [3.05, 3.63) is 0 Å². The Kier molecular flexibility index (Phi) is 10.7. The van der Waals surface area contributed by atoms with E-state index in [-0.39, 0.29) is 11.8 Å². The van der Waals surface area contributed by atoms with Gasteiger partial charge in [0.15, 0.2) is 0 Å². The first-order valence-corrected chi connectivity index (χ1v) is 6.42. The average molecular weight is 261 g/mol. The minimum atomic E-state index is 0.0596. The zero-order chi connectivity index (χ0) is 13.8. The first kappa shape index (κ1) is 17.2. The summed E-state index contributed by atoms with van der Waals surface area (Å²) in [5.41, 5.74) is 5.56. The van der Waals surface area contributed by atoms with Crippen molar-refractivity contribution in [1.82, 2.24) is 4.90 Å². The van der Waals surface area contributed by atoms with Crippen molar-refractivity contribution in [3.63, 3.8) is 0 Å². The lowest BCUT2D eigenvalue weighted by atomic mass is 10.1. The van der Waals surface area contributed by atoms with E-state index < -0.39 is 0 Å². The number of hydrogen-bond donors (Lipinski definition) is 2. The summed E-state index contributed by atoms with van der Waals surface area (Å²) in [6, 6.07) is 0. The Hall–Kier alpha value is -0.850. The average Bonchev–Trinajstić information content (AvgIpc) is 2.39. The minimum Gasteiger partial charge on any atom is -0.409 e. The number of nitrogens with two attached hydrogens (primary N) is 1. The number of oxime groups is 1. The van der Waals surface area contributed by atoms with Gasteiger partial charge in [0.05, 0.1) is 13.2 Å². The van der Waals surface area contributed by atoms with Crippen molar-refractivity contribution >= 4 is 5.84 Å². The van der Waals surface area contributed by atoms with Crippen LogP contribution in [0.4, 0.5) is 0 Å². The molecular formula is C12H27N3O3. The van der Waals surface area contributed by atoms with Crippen molar-refractivity contribution in [2.24, 2.45) is 16.8 Å². The van der Waals surface area contributed by atoms with Crippen LogP contribution < -0.4 is 5.73 Å². The Morgan fingerprint density at radius 3 is 2.67 bits per heavy atom. The molecule has 0 aromatic rings. The van der Waals surface area contributed by atoms with Gasteiger partial charge in [-0.3, -0.25) is 0 Å². The van der Waals surface area contributed by atoms with Crippen LogP contribution in [0.15, 0.2) is 5.16 Å². The van der Waals surface area contributed by atoms with Gasteiger partial charge in [0.1, 0.15) is 5.84 Å². The molecular weight excluding hydrogens is 234 g/mol. The molecule has 0 saturated heterocycles. The highest BCUT2D eigenvalue weighted by molar-refractivity contribution is 5.82. The van der Waals surface area contributed by atoms with E-state index >= 15 is 0 Å². The normalized spacial score (nSPS) is 14.1. The van der Waals surface area contributed by atoms with Gasteiger partial charge in [-0.2, -0.15) is 0 Å². The number of nitrogens with zero attached hydrogens (tertiary/aromatic N) is 2. The fraction of sp³-hybridized carbons (Fsp3) is 0.917. The SMILES string of the molecule is CCN(CCCOCCOC)CC(C)C(N)=NO. The van der Waals surface area contributed by atoms with E-state index in [1.165, 1.54) is 0 Å². The van der Waals surface area contributed by atoms with Gasteiger partial charge in [0.25, 0.3) is 0 Å². The molecule has 0 fully saturated rings. The third-order valence-corrected chi connectivity index (χ3v) is 2.79. The van der Waals surface area contributed by atoms with E-state index in [1.807, 2.05) is 6.92 Å². The molecule has 0 aliphatic carbocycles. The highest BCUT2D eigenvalue weighted by Gasteiger charge is 2.12. The summed E-state index contributed by atoms with van der Waals surface area (Å²) in [4.78, 5) is 2.27. The highest BCUT2D eigenvalue weighted by Crippen LogP contribution is 2.01. The second-order valence-electron chi connectivity index (χ2n) is 4.28. The Morgan fingerprint density at radius 1 is 1.39 bits per heavy atom. The third kappa shape index (κ3) is 8.27. The lowest BCUT2D eigenvalue weighted by Gasteiger charge is -2.23. The number of hydrogen-bond acceptors (Lipinski definition) is 5. The topological polar surface area (TPSA) is 80.3 Å². The molecule has 0 amide bonds. The Bertz CT molecular complexity index is 225. The first-order valence-electron chi connectivity index (χ1n) is 6.42. The largest absolute Gasteiger partial charge is 0.409 e. The van der Waals surface area contributed by atoms with Crippen LogP contribution in [0.1, 0.15) is 20.3 Å². The summed E-state index contributed by atoms with van der Waals surface area (Å²) >= 11 is 0. The molecule has 1 unspecified atom stereocenters. The van der Waals surface area contributed by atoms with E-state index in [4.69, 9.17) is 20.4 Å². The Balaban J connectivity index is 3.70. The van der Waals surface area contributed by atoms with E-state index in [9.17, 15) is 0 Å². The number of rotatable bonds is 11. The molecule has 0 spiro atoms. The molecule has 18 heavy (non-hydrogen) atoms. The maximum absolute atomic E-state index is 8.60. The van der Waals surface area contributed by atoms with Crippen LogP contribution in [0.3, 0.4) is 0 Å². The molecule has 108 valence electrons. The van der Waals surface area contributed by atoms with Gasteiger partial charge in [-0.25, -0.2) is 0 Å². The molecule has 1 atom stereocenters. The fourth-order valence-electron chi connectivity index (χ4n) is 1.59. The molecule has 0 saturated carbocycles. The molecule has 6 nitrogen and oxygen atoms in total. The molecule has 0 rings (SSSR count).